The van der Waals surface area contributed by atoms with Gasteiger partial charge in [-0.2, -0.15) is 0 Å². The van der Waals surface area contributed by atoms with Gasteiger partial charge < -0.3 is 30.8 Å². The van der Waals surface area contributed by atoms with Gasteiger partial charge in [0.2, 0.25) is 0 Å². The minimum atomic E-state index is 0.0195. The van der Waals surface area contributed by atoms with Crippen molar-refractivity contribution in [1.29, 1.82) is 0 Å². The Balaban J connectivity index is 2.45. The maximum Gasteiger partial charge on any atom is 0.173 e. The van der Waals surface area contributed by atoms with Gasteiger partial charge in [0.15, 0.2) is 5.84 Å². The van der Waals surface area contributed by atoms with E-state index >= 15 is 0 Å². The molecule has 7 nitrogen and oxygen atoms in total. The quantitative estimate of drug-likeness (QED) is 0.162. The molecule has 1 aromatic rings. The summed E-state index contributed by atoms with van der Waals surface area (Å²) in [4.78, 5) is 0. The summed E-state index contributed by atoms with van der Waals surface area (Å²) in [6.07, 6.45) is 0.864. The van der Waals surface area contributed by atoms with E-state index in [9.17, 15) is 0 Å². The molecule has 0 saturated heterocycles. The van der Waals surface area contributed by atoms with E-state index in [1.54, 1.807) is 6.07 Å². The first kappa shape index (κ1) is 17.2. The average molecular weight is 297 g/mol. The Morgan fingerprint density at radius 1 is 1.38 bits per heavy atom. The van der Waals surface area contributed by atoms with Gasteiger partial charge in [-0.1, -0.05) is 11.2 Å². The summed E-state index contributed by atoms with van der Waals surface area (Å²) in [6.45, 7) is 2.51. The fourth-order valence-corrected chi connectivity index (χ4v) is 1.82. The molecular weight excluding hydrogens is 274 g/mol. The average Bonchev–Trinajstić information content (AvgIpc) is 2.53. The zero-order chi connectivity index (χ0) is 15.5. The molecule has 0 atom stereocenters. The number of aliphatic hydroxyl groups excluding tert-OH is 1. The molecule has 1 rings (SSSR count). The molecule has 0 aliphatic carbocycles. The van der Waals surface area contributed by atoms with E-state index in [0.717, 1.165) is 18.5 Å². The number of hydrogen-bond donors (Lipinski definition) is 4. The fourth-order valence-electron chi connectivity index (χ4n) is 1.82. The first-order valence-electron chi connectivity index (χ1n) is 6.77. The van der Waals surface area contributed by atoms with Crippen LogP contribution < -0.4 is 15.8 Å². The lowest BCUT2D eigenvalue weighted by Crippen LogP contribution is -2.18. The van der Waals surface area contributed by atoms with Crippen molar-refractivity contribution in [1.82, 2.24) is 5.32 Å². The van der Waals surface area contributed by atoms with Crippen molar-refractivity contribution in [2.75, 3.05) is 33.5 Å². The summed E-state index contributed by atoms with van der Waals surface area (Å²) in [5.74, 6) is 0.581. The topological polar surface area (TPSA) is 109 Å². The van der Waals surface area contributed by atoms with Crippen molar-refractivity contribution in [2.24, 2.45) is 10.9 Å². The van der Waals surface area contributed by atoms with Crippen molar-refractivity contribution in [3.8, 4) is 5.75 Å². The highest BCUT2D eigenvalue weighted by Gasteiger charge is 2.08. The molecule has 118 valence electrons. The summed E-state index contributed by atoms with van der Waals surface area (Å²) < 4.78 is 10.3. The first-order valence-corrected chi connectivity index (χ1v) is 6.77. The smallest absolute Gasteiger partial charge is 0.173 e. The highest BCUT2D eigenvalue weighted by Crippen LogP contribution is 2.19. The molecule has 0 radical (unpaired) electrons. The minimum absolute atomic E-state index is 0.0195. The van der Waals surface area contributed by atoms with Gasteiger partial charge >= 0.3 is 0 Å². The Kier molecular flexibility index (Phi) is 8.18. The third-order valence-electron chi connectivity index (χ3n) is 2.85. The first-order chi connectivity index (χ1) is 10.2. The van der Waals surface area contributed by atoms with Crippen molar-refractivity contribution in [3.05, 3.63) is 29.3 Å². The van der Waals surface area contributed by atoms with E-state index < -0.39 is 0 Å². The maximum absolute atomic E-state index is 8.78. The Morgan fingerprint density at radius 3 is 2.86 bits per heavy atom. The molecule has 0 heterocycles. The van der Waals surface area contributed by atoms with Crippen LogP contribution in [0.2, 0.25) is 0 Å². The van der Waals surface area contributed by atoms with E-state index in [0.29, 0.717) is 31.1 Å². The number of amidine groups is 1. The molecule has 5 N–H and O–H groups in total. The predicted octanol–water partition coefficient (Wildman–Crippen LogP) is 0.278. The minimum Gasteiger partial charge on any atom is -0.496 e. The van der Waals surface area contributed by atoms with Gasteiger partial charge in [0.25, 0.3) is 0 Å². The van der Waals surface area contributed by atoms with Crippen molar-refractivity contribution < 1.29 is 19.8 Å². The van der Waals surface area contributed by atoms with Crippen LogP contribution >= 0.6 is 0 Å². The molecule has 0 aliphatic rings. The molecule has 1 aromatic carbocycles. The summed E-state index contributed by atoms with van der Waals surface area (Å²) >= 11 is 0. The summed E-state index contributed by atoms with van der Waals surface area (Å²) in [6, 6.07) is 5.53. The zero-order valence-electron chi connectivity index (χ0n) is 12.2. The summed E-state index contributed by atoms with van der Waals surface area (Å²) in [5.41, 5.74) is 7.19. The van der Waals surface area contributed by atoms with E-state index in [2.05, 4.69) is 10.5 Å². The molecule has 0 saturated carbocycles. The lowest BCUT2D eigenvalue weighted by Gasteiger charge is -2.10. The number of oxime groups is 1. The van der Waals surface area contributed by atoms with Crippen LogP contribution in [0, 0.1) is 0 Å². The maximum atomic E-state index is 8.78. The molecule has 0 spiro atoms. The number of benzene rings is 1. The van der Waals surface area contributed by atoms with Crippen LogP contribution in [0.15, 0.2) is 23.4 Å². The number of methoxy groups -OCH3 is 1. The molecule has 7 heteroatoms. The number of nitrogens with two attached hydrogens (primary N) is 1. The van der Waals surface area contributed by atoms with Crippen LogP contribution in [0.1, 0.15) is 17.5 Å². The van der Waals surface area contributed by atoms with Gasteiger partial charge in [0.05, 0.1) is 25.9 Å². The van der Waals surface area contributed by atoms with Crippen LogP contribution in [0.25, 0.3) is 0 Å². The Hall–Kier alpha value is -1.83. The standard InChI is InChI=1S/C14H23N3O4/c1-20-13-4-3-11(9-12(13)14(15)17-19)10-16-5-2-7-21-8-6-18/h3-4,9,16,18-19H,2,5-8,10H2,1H3,(H2,15,17). The third-order valence-corrected chi connectivity index (χ3v) is 2.85. The lowest BCUT2D eigenvalue weighted by atomic mass is 10.1. The molecule has 0 aliphatic heterocycles. The predicted molar refractivity (Wildman–Crippen MR) is 79.7 cm³/mol. The van der Waals surface area contributed by atoms with Crippen LogP contribution in [0.3, 0.4) is 0 Å². The molecule has 0 unspecified atom stereocenters. The summed E-state index contributed by atoms with van der Waals surface area (Å²) in [7, 11) is 1.54. The number of nitrogens with zero attached hydrogens (tertiary/aromatic N) is 1. The van der Waals surface area contributed by atoms with Crippen molar-refractivity contribution in [2.45, 2.75) is 13.0 Å². The second-order valence-electron chi connectivity index (χ2n) is 4.39. The number of nitrogens with one attached hydrogen (secondary N) is 1. The van der Waals surface area contributed by atoms with Gasteiger partial charge in [-0.05, 0) is 30.7 Å². The van der Waals surface area contributed by atoms with Crippen LogP contribution in [0.4, 0.5) is 0 Å². The highest BCUT2D eigenvalue weighted by molar-refractivity contribution is 5.99. The van der Waals surface area contributed by atoms with Crippen molar-refractivity contribution >= 4 is 5.84 Å². The summed E-state index contributed by atoms with van der Waals surface area (Å²) in [5, 5.41) is 23.6. The number of aliphatic hydroxyl groups is 1. The second-order valence-corrected chi connectivity index (χ2v) is 4.39. The Bertz CT molecular complexity index is 452. The monoisotopic (exact) mass is 297 g/mol. The highest BCUT2D eigenvalue weighted by atomic mass is 16.5. The number of rotatable bonds is 10. The van der Waals surface area contributed by atoms with Crippen LogP contribution in [-0.4, -0.2) is 49.6 Å². The van der Waals surface area contributed by atoms with Gasteiger partial charge in [0.1, 0.15) is 5.75 Å². The fraction of sp³-hybridized carbons (Fsp3) is 0.500. The molecule has 21 heavy (non-hydrogen) atoms. The second kappa shape index (κ2) is 9.98. The number of ether oxygens (including phenoxy) is 2. The Labute approximate surface area is 124 Å². The molecule has 0 bridgehead atoms. The normalized spacial score (nSPS) is 11.6. The number of hydrogen-bond acceptors (Lipinski definition) is 6. The van der Waals surface area contributed by atoms with Gasteiger partial charge in [0, 0.05) is 13.2 Å². The van der Waals surface area contributed by atoms with Crippen LogP contribution in [0.5, 0.6) is 5.75 Å². The van der Waals surface area contributed by atoms with Crippen LogP contribution in [-0.2, 0) is 11.3 Å². The van der Waals surface area contributed by atoms with E-state index in [4.69, 9.17) is 25.5 Å². The van der Waals surface area contributed by atoms with Crippen molar-refractivity contribution in [3.63, 3.8) is 0 Å². The van der Waals surface area contributed by atoms with E-state index in [1.807, 2.05) is 12.1 Å². The zero-order valence-corrected chi connectivity index (χ0v) is 12.2. The lowest BCUT2D eigenvalue weighted by molar-refractivity contribution is 0.0907. The SMILES string of the molecule is COc1ccc(CNCCCOCCO)cc1/C(N)=N/O. The van der Waals surface area contributed by atoms with E-state index in [-0.39, 0.29) is 12.4 Å². The molecule has 0 amide bonds. The molecule has 0 fully saturated rings. The molecule has 0 aromatic heterocycles. The van der Waals surface area contributed by atoms with E-state index in [1.165, 1.54) is 7.11 Å². The largest absolute Gasteiger partial charge is 0.496 e. The molecular formula is C14H23N3O4. The Morgan fingerprint density at radius 2 is 2.19 bits per heavy atom. The third kappa shape index (κ3) is 5.99. The van der Waals surface area contributed by atoms with Gasteiger partial charge in [-0.15, -0.1) is 0 Å². The van der Waals surface area contributed by atoms with Gasteiger partial charge in [-0.3, -0.25) is 0 Å². The van der Waals surface area contributed by atoms with Gasteiger partial charge in [-0.25, -0.2) is 0 Å².